The van der Waals surface area contributed by atoms with E-state index in [0.717, 1.165) is 11.3 Å². The highest BCUT2D eigenvalue weighted by atomic mass is 14.7. The van der Waals surface area contributed by atoms with Crippen molar-refractivity contribution in [2.45, 2.75) is 0 Å². The lowest BCUT2D eigenvalue weighted by molar-refractivity contribution is 1.37. The predicted molar refractivity (Wildman–Crippen MR) is 56.3 cm³/mol. The molecule has 0 aliphatic rings. The number of aliphatic imine (C=N–C) groups is 1. The largest absolute Gasteiger partial charge is 0.264 e. The van der Waals surface area contributed by atoms with Crippen molar-refractivity contribution >= 4 is 6.72 Å². The summed E-state index contributed by atoms with van der Waals surface area (Å²) in [5.41, 5.74) is 1.64. The van der Waals surface area contributed by atoms with E-state index in [2.05, 4.69) is 31.4 Å². The molecule has 0 aromatic carbocycles. The molecule has 0 spiro atoms. The summed E-state index contributed by atoms with van der Waals surface area (Å²) in [4.78, 5) is 3.82. The van der Waals surface area contributed by atoms with Crippen molar-refractivity contribution in [2.24, 2.45) is 4.99 Å². The van der Waals surface area contributed by atoms with Gasteiger partial charge in [-0.2, -0.15) is 0 Å². The van der Waals surface area contributed by atoms with E-state index in [1.54, 1.807) is 24.3 Å². The van der Waals surface area contributed by atoms with Crippen LogP contribution in [0.3, 0.4) is 0 Å². The highest BCUT2D eigenvalue weighted by Crippen LogP contribution is 2.11. The number of hydrogen-bond donors (Lipinski definition) is 0. The Balaban J connectivity index is 4.91. The fraction of sp³-hybridized carbons (Fsp3) is 0. The van der Waals surface area contributed by atoms with Gasteiger partial charge in [0.25, 0.3) is 0 Å². The zero-order valence-corrected chi connectivity index (χ0v) is 7.16. The summed E-state index contributed by atoms with van der Waals surface area (Å²) < 4.78 is 0. The second kappa shape index (κ2) is 6.10. The van der Waals surface area contributed by atoms with Crippen LogP contribution in [0.1, 0.15) is 0 Å². The first-order valence-corrected chi connectivity index (χ1v) is 3.55. The minimum absolute atomic E-state index is 0.750. The van der Waals surface area contributed by atoms with Gasteiger partial charge in [0.2, 0.25) is 0 Å². The summed E-state index contributed by atoms with van der Waals surface area (Å²) in [6.45, 7) is 14.3. The van der Waals surface area contributed by atoms with Crippen LogP contribution in [0.25, 0.3) is 0 Å². The summed E-state index contributed by atoms with van der Waals surface area (Å²) in [6.07, 6.45) is 8.62. The van der Waals surface area contributed by atoms with Gasteiger partial charge in [-0.15, -0.1) is 0 Å². The molecule has 62 valence electrons. The van der Waals surface area contributed by atoms with E-state index < -0.39 is 0 Å². The summed E-state index contributed by atoms with van der Waals surface area (Å²) in [6, 6.07) is 0. The molecule has 0 fully saturated rings. The van der Waals surface area contributed by atoms with Crippen LogP contribution >= 0.6 is 0 Å². The van der Waals surface area contributed by atoms with E-state index in [1.165, 1.54) is 0 Å². The van der Waals surface area contributed by atoms with E-state index in [4.69, 9.17) is 0 Å². The molecule has 0 atom stereocenters. The quantitative estimate of drug-likeness (QED) is 0.432. The number of rotatable bonds is 5. The average Bonchev–Trinajstić information content (AvgIpc) is 2.11. The number of hydrogen-bond acceptors (Lipinski definition) is 1. The summed E-state index contributed by atoms with van der Waals surface area (Å²) in [5, 5.41) is 0. The van der Waals surface area contributed by atoms with Crippen LogP contribution in [0.5, 0.6) is 0 Å². The van der Waals surface area contributed by atoms with Crippen LogP contribution in [0.2, 0.25) is 0 Å². The van der Waals surface area contributed by atoms with Crippen LogP contribution in [-0.4, -0.2) is 6.72 Å². The smallest absolute Gasteiger partial charge is 0.0694 e. The van der Waals surface area contributed by atoms with E-state index in [0.29, 0.717) is 0 Å². The van der Waals surface area contributed by atoms with Gasteiger partial charge >= 0.3 is 0 Å². The Kier molecular flexibility index (Phi) is 5.28. The fourth-order valence-electron chi connectivity index (χ4n) is 0.737. The molecule has 0 saturated carbocycles. The molecule has 0 aromatic heterocycles. The normalized spacial score (nSPS) is 12.0. The molecular weight excluding hydrogens is 146 g/mol. The van der Waals surface area contributed by atoms with Crippen molar-refractivity contribution in [3.8, 4) is 0 Å². The molecule has 0 aliphatic carbocycles. The van der Waals surface area contributed by atoms with Gasteiger partial charge in [-0.1, -0.05) is 44.0 Å². The maximum atomic E-state index is 3.82. The maximum absolute atomic E-state index is 3.82. The Morgan fingerprint density at radius 1 is 1.00 bits per heavy atom. The first kappa shape index (κ1) is 10.4. The van der Waals surface area contributed by atoms with Crippen molar-refractivity contribution in [3.05, 3.63) is 61.4 Å². The third kappa shape index (κ3) is 2.97. The van der Waals surface area contributed by atoms with Gasteiger partial charge in [-0.05, 0) is 18.4 Å². The first-order valence-electron chi connectivity index (χ1n) is 3.55. The molecule has 0 unspecified atom stereocenters. The highest BCUT2D eigenvalue weighted by Gasteiger charge is 1.94. The maximum Gasteiger partial charge on any atom is 0.0694 e. The fourth-order valence-corrected chi connectivity index (χ4v) is 0.737. The van der Waals surface area contributed by atoms with E-state index in [9.17, 15) is 0 Å². The van der Waals surface area contributed by atoms with Crippen LogP contribution in [-0.2, 0) is 0 Å². The molecule has 0 bridgehead atoms. The minimum Gasteiger partial charge on any atom is -0.264 e. The topological polar surface area (TPSA) is 12.4 Å². The summed E-state index contributed by atoms with van der Waals surface area (Å²) >= 11 is 0. The zero-order valence-electron chi connectivity index (χ0n) is 7.16. The molecule has 0 N–H and O–H groups in total. The molecule has 0 heterocycles. The molecule has 0 radical (unpaired) electrons. The van der Waals surface area contributed by atoms with E-state index in [-0.39, 0.29) is 0 Å². The van der Waals surface area contributed by atoms with Gasteiger partial charge in [0.15, 0.2) is 0 Å². The molecular formula is C11H13N. The van der Waals surface area contributed by atoms with Gasteiger partial charge in [-0.25, -0.2) is 0 Å². The van der Waals surface area contributed by atoms with Crippen LogP contribution < -0.4 is 0 Å². The zero-order chi connectivity index (χ0) is 9.40. The van der Waals surface area contributed by atoms with Gasteiger partial charge in [-0.3, -0.25) is 4.99 Å². The second-order valence-electron chi connectivity index (χ2n) is 2.01. The lowest BCUT2D eigenvalue weighted by Crippen LogP contribution is -1.80. The molecule has 1 nitrogen and oxygen atoms in total. The Hall–Kier alpha value is -1.63. The predicted octanol–water partition coefficient (Wildman–Crippen LogP) is 3.06. The van der Waals surface area contributed by atoms with Crippen LogP contribution in [0, 0.1) is 0 Å². The van der Waals surface area contributed by atoms with E-state index in [1.807, 2.05) is 6.08 Å². The standard InChI is InChI=1S/C11H13N/c1-5-8-10(7-3)11(12-4)9-6-2/h5-9H,1-4H2/b10-8-,11-9+. The SMILES string of the molecule is C=C/C=C(C=C)\C(=C/C=C)N=C. The Morgan fingerprint density at radius 3 is 1.92 bits per heavy atom. The van der Waals surface area contributed by atoms with E-state index >= 15 is 0 Å². The third-order valence-corrected chi connectivity index (χ3v) is 1.26. The minimum atomic E-state index is 0.750. The van der Waals surface area contributed by atoms with Crippen molar-refractivity contribution in [1.29, 1.82) is 0 Å². The van der Waals surface area contributed by atoms with Crippen LogP contribution in [0.4, 0.5) is 0 Å². The third-order valence-electron chi connectivity index (χ3n) is 1.26. The average molecular weight is 159 g/mol. The molecule has 1 heteroatoms. The van der Waals surface area contributed by atoms with Crippen molar-refractivity contribution in [2.75, 3.05) is 0 Å². The number of allylic oxidation sites excluding steroid dienone is 5. The van der Waals surface area contributed by atoms with Crippen molar-refractivity contribution in [3.63, 3.8) is 0 Å². The summed E-state index contributed by atoms with van der Waals surface area (Å²) in [5.74, 6) is 0. The summed E-state index contributed by atoms with van der Waals surface area (Å²) in [7, 11) is 0. The molecule has 12 heavy (non-hydrogen) atoms. The molecule has 0 aliphatic heterocycles. The highest BCUT2D eigenvalue weighted by molar-refractivity contribution is 5.46. The molecule has 0 aromatic rings. The molecule has 0 amide bonds. The molecule has 0 rings (SSSR count). The first-order chi connectivity index (χ1) is 5.79. The van der Waals surface area contributed by atoms with Gasteiger partial charge in [0, 0.05) is 0 Å². The monoisotopic (exact) mass is 159 g/mol. The Morgan fingerprint density at radius 2 is 1.58 bits per heavy atom. The number of nitrogens with zero attached hydrogens (tertiary/aromatic N) is 1. The Labute approximate surface area is 73.8 Å². The van der Waals surface area contributed by atoms with Crippen LogP contribution in [0.15, 0.2) is 66.4 Å². The lowest BCUT2D eigenvalue weighted by Gasteiger charge is -1.98. The van der Waals surface area contributed by atoms with Crippen molar-refractivity contribution in [1.82, 2.24) is 0 Å². The molecule has 0 saturated heterocycles. The Bertz CT molecular complexity index is 226. The lowest BCUT2D eigenvalue weighted by atomic mass is 10.1. The van der Waals surface area contributed by atoms with Crippen molar-refractivity contribution < 1.29 is 0 Å². The van der Waals surface area contributed by atoms with Gasteiger partial charge in [0.05, 0.1) is 5.70 Å². The van der Waals surface area contributed by atoms with Gasteiger partial charge in [0.1, 0.15) is 0 Å². The van der Waals surface area contributed by atoms with Gasteiger partial charge < -0.3 is 0 Å². The second-order valence-corrected chi connectivity index (χ2v) is 2.01.